The number of hydrogen-bond donors (Lipinski definition) is 0. The zero-order valence-corrected chi connectivity index (χ0v) is 34.3. The van der Waals surface area contributed by atoms with Crippen LogP contribution in [0.3, 0.4) is 0 Å². The van der Waals surface area contributed by atoms with Crippen molar-refractivity contribution in [1.29, 1.82) is 0 Å². The zero-order chi connectivity index (χ0) is 41.1. The maximum absolute atomic E-state index is 6.94. The van der Waals surface area contributed by atoms with Crippen molar-refractivity contribution in [2.24, 2.45) is 0 Å². The van der Waals surface area contributed by atoms with E-state index in [0.717, 1.165) is 88.6 Å². The van der Waals surface area contributed by atoms with E-state index in [9.17, 15) is 0 Å². The average molecular weight is 794 g/mol. The van der Waals surface area contributed by atoms with Gasteiger partial charge in [0.25, 0.3) is 0 Å². The maximum Gasteiger partial charge on any atom is 0.143 e. The molecule has 1 aliphatic carbocycles. The van der Waals surface area contributed by atoms with Crippen molar-refractivity contribution in [1.82, 2.24) is 0 Å². The van der Waals surface area contributed by atoms with E-state index in [0.29, 0.717) is 0 Å². The van der Waals surface area contributed by atoms with Crippen molar-refractivity contribution in [2.45, 2.75) is 19.3 Å². The summed E-state index contributed by atoms with van der Waals surface area (Å²) < 4.78 is 13.1. The molecule has 0 bridgehead atoms. The Morgan fingerprint density at radius 1 is 0.355 bits per heavy atom. The van der Waals surface area contributed by atoms with Crippen LogP contribution in [-0.4, -0.2) is 0 Å². The quantitative estimate of drug-likeness (QED) is 0.163. The van der Waals surface area contributed by atoms with Gasteiger partial charge in [0.2, 0.25) is 0 Å². The Bertz CT molecular complexity index is 3770. The summed E-state index contributed by atoms with van der Waals surface area (Å²) in [6.45, 7) is 4.69. The lowest BCUT2D eigenvalue weighted by Gasteiger charge is -2.28. The van der Waals surface area contributed by atoms with Crippen LogP contribution in [0.2, 0.25) is 0 Å². The van der Waals surface area contributed by atoms with E-state index in [2.05, 4.69) is 207 Å². The lowest BCUT2D eigenvalue weighted by Crippen LogP contribution is -2.16. The van der Waals surface area contributed by atoms with Crippen LogP contribution in [0, 0.1) is 0 Å². The van der Waals surface area contributed by atoms with Crippen LogP contribution in [0.5, 0.6) is 0 Å². The van der Waals surface area contributed by atoms with Gasteiger partial charge in [-0.2, -0.15) is 0 Å². The van der Waals surface area contributed by atoms with Crippen LogP contribution < -0.4 is 4.90 Å². The molecule has 13 rings (SSSR count). The Morgan fingerprint density at radius 2 is 0.968 bits per heavy atom. The van der Waals surface area contributed by atoms with Crippen LogP contribution in [0.4, 0.5) is 17.1 Å². The van der Waals surface area contributed by atoms with E-state index < -0.39 is 0 Å². The van der Waals surface area contributed by atoms with Gasteiger partial charge in [0.05, 0.1) is 0 Å². The van der Waals surface area contributed by atoms with Crippen molar-refractivity contribution in [3.05, 3.63) is 211 Å². The number of anilines is 3. The van der Waals surface area contributed by atoms with Gasteiger partial charge in [-0.3, -0.25) is 0 Å². The van der Waals surface area contributed by atoms with Crippen molar-refractivity contribution < 1.29 is 8.83 Å². The molecule has 0 atom stereocenters. The van der Waals surface area contributed by atoms with Crippen molar-refractivity contribution in [2.75, 3.05) is 4.90 Å². The highest BCUT2D eigenvalue weighted by Crippen LogP contribution is 2.51. The smallest absolute Gasteiger partial charge is 0.143 e. The maximum atomic E-state index is 6.94. The van der Waals surface area contributed by atoms with E-state index >= 15 is 0 Å². The predicted octanol–water partition coefficient (Wildman–Crippen LogP) is 16.9. The van der Waals surface area contributed by atoms with Crippen LogP contribution >= 0.6 is 0 Å². The monoisotopic (exact) mass is 793 g/mol. The number of para-hydroxylation sites is 2. The Balaban J connectivity index is 0.930. The number of fused-ring (bicyclic) bond motifs is 13. The standard InChI is InChI=1S/C59H39NO2/c1-59(2)52-16-7-5-12-46(52)47-32-30-43(35-53(47)59)60(41-26-20-36(21-27-41)40-25-33-55-51(34-40)48-13-6-8-17-54(48)61-55)42-28-22-38(23-29-42)45-14-9-15-49-50-31-24-39-19-18-37-10-3-4-11-44(37)56(39)58(50)62-57(45)49/h3-35H,1-2H3. The first-order chi connectivity index (χ1) is 30.5. The van der Waals surface area contributed by atoms with Crippen molar-refractivity contribution >= 4 is 82.5 Å². The van der Waals surface area contributed by atoms with Gasteiger partial charge >= 0.3 is 0 Å². The Kier molecular flexibility index (Phi) is 7.36. The molecular weight excluding hydrogens is 755 g/mol. The minimum absolute atomic E-state index is 0.125. The SMILES string of the molecule is CC1(C)c2ccccc2-c2ccc(N(c3ccc(-c4ccc5oc6ccccc6c5c4)cc3)c3ccc(-c4cccc5c4oc4c5ccc5ccc6ccccc6c54)cc3)cc21. The fourth-order valence-electron chi connectivity index (χ4n) is 10.3. The van der Waals surface area contributed by atoms with Gasteiger partial charge in [-0.25, -0.2) is 0 Å². The molecule has 2 aromatic heterocycles. The summed E-state index contributed by atoms with van der Waals surface area (Å²) >= 11 is 0. The second-order valence-electron chi connectivity index (χ2n) is 17.3. The van der Waals surface area contributed by atoms with E-state index in [4.69, 9.17) is 8.83 Å². The molecule has 0 radical (unpaired) electrons. The van der Waals surface area contributed by atoms with Crippen molar-refractivity contribution in [3.63, 3.8) is 0 Å². The minimum Gasteiger partial charge on any atom is -0.456 e. The zero-order valence-electron chi connectivity index (χ0n) is 34.3. The van der Waals surface area contributed by atoms with Gasteiger partial charge in [-0.15, -0.1) is 0 Å². The van der Waals surface area contributed by atoms with Crippen molar-refractivity contribution in [3.8, 4) is 33.4 Å². The van der Waals surface area contributed by atoms with E-state index in [-0.39, 0.29) is 5.41 Å². The molecule has 0 unspecified atom stereocenters. The molecule has 292 valence electrons. The third-order valence-electron chi connectivity index (χ3n) is 13.5. The molecular formula is C59H39NO2. The summed E-state index contributed by atoms with van der Waals surface area (Å²) in [7, 11) is 0. The molecule has 2 heterocycles. The molecule has 12 aromatic rings. The van der Waals surface area contributed by atoms with Gasteiger partial charge in [-0.1, -0.05) is 153 Å². The molecule has 0 amide bonds. The molecule has 1 aliphatic rings. The summed E-state index contributed by atoms with van der Waals surface area (Å²) in [4.78, 5) is 2.39. The second kappa shape index (κ2) is 13.1. The molecule has 0 spiro atoms. The highest BCUT2D eigenvalue weighted by molar-refractivity contribution is 6.24. The normalized spacial score (nSPS) is 13.1. The lowest BCUT2D eigenvalue weighted by molar-refractivity contribution is 0.660. The lowest BCUT2D eigenvalue weighted by atomic mass is 9.82. The highest BCUT2D eigenvalue weighted by atomic mass is 16.3. The molecule has 0 fully saturated rings. The number of benzene rings is 10. The van der Waals surface area contributed by atoms with Crippen LogP contribution in [0.1, 0.15) is 25.0 Å². The molecule has 3 nitrogen and oxygen atoms in total. The molecule has 0 N–H and O–H groups in total. The van der Waals surface area contributed by atoms with Crippen LogP contribution in [-0.2, 0) is 5.41 Å². The van der Waals surface area contributed by atoms with Gasteiger partial charge < -0.3 is 13.7 Å². The van der Waals surface area contributed by atoms with Gasteiger partial charge in [0.1, 0.15) is 22.3 Å². The third-order valence-corrected chi connectivity index (χ3v) is 13.5. The third kappa shape index (κ3) is 5.12. The van der Waals surface area contributed by atoms with Gasteiger partial charge in [0.15, 0.2) is 0 Å². The summed E-state index contributed by atoms with van der Waals surface area (Å²) in [6.07, 6.45) is 0. The van der Waals surface area contributed by atoms with E-state index in [1.54, 1.807) is 0 Å². The molecule has 10 aromatic carbocycles. The molecule has 0 aliphatic heterocycles. The first kappa shape index (κ1) is 34.9. The Hall–Kier alpha value is -7.88. The fraction of sp³-hybridized carbons (Fsp3) is 0.0508. The van der Waals surface area contributed by atoms with Gasteiger partial charge in [0, 0.05) is 55.0 Å². The number of hydrogen-bond acceptors (Lipinski definition) is 3. The first-order valence-electron chi connectivity index (χ1n) is 21.4. The summed E-state index contributed by atoms with van der Waals surface area (Å²) in [6, 6.07) is 72.5. The largest absolute Gasteiger partial charge is 0.456 e. The van der Waals surface area contributed by atoms with Crippen LogP contribution in [0.25, 0.3) is 98.8 Å². The minimum atomic E-state index is -0.125. The van der Waals surface area contributed by atoms with E-state index in [1.165, 1.54) is 38.4 Å². The fourth-order valence-corrected chi connectivity index (χ4v) is 10.3. The number of nitrogens with zero attached hydrogens (tertiary/aromatic N) is 1. The number of furan rings is 2. The van der Waals surface area contributed by atoms with E-state index in [1.807, 2.05) is 12.1 Å². The number of rotatable bonds is 5. The average Bonchev–Trinajstić information content (AvgIpc) is 3.97. The Labute approximate surface area is 358 Å². The second-order valence-corrected chi connectivity index (χ2v) is 17.3. The first-order valence-corrected chi connectivity index (χ1v) is 21.4. The molecule has 0 saturated carbocycles. The molecule has 3 heteroatoms. The molecule has 62 heavy (non-hydrogen) atoms. The topological polar surface area (TPSA) is 29.5 Å². The van der Waals surface area contributed by atoms with Crippen LogP contribution in [0.15, 0.2) is 209 Å². The summed E-state index contributed by atoms with van der Waals surface area (Å²) in [5.41, 5.74) is 16.7. The summed E-state index contributed by atoms with van der Waals surface area (Å²) in [5, 5.41) is 9.29. The predicted molar refractivity (Wildman–Crippen MR) is 259 cm³/mol. The highest BCUT2D eigenvalue weighted by Gasteiger charge is 2.35. The summed E-state index contributed by atoms with van der Waals surface area (Å²) in [5.74, 6) is 0. The Morgan fingerprint density at radius 3 is 1.82 bits per heavy atom. The van der Waals surface area contributed by atoms with Gasteiger partial charge in [-0.05, 0) is 116 Å². The molecule has 0 saturated heterocycles.